The van der Waals surface area contributed by atoms with Crippen molar-refractivity contribution in [1.29, 1.82) is 0 Å². The van der Waals surface area contributed by atoms with Gasteiger partial charge in [0.1, 0.15) is 0 Å². The molecule has 18 heavy (non-hydrogen) atoms. The van der Waals surface area contributed by atoms with Gasteiger partial charge in [0.15, 0.2) is 0 Å². The molecule has 3 N–H and O–H groups in total. The van der Waals surface area contributed by atoms with E-state index in [4.69, 9.17) is 10.5 Å². The van der Waals surface area contributed by atoms with Crippen molar-refractivity contribution in [3.63, 3.8) is 0 Å². The molecule has 0 aromatic carbocycles. The fraction of sp³-hybridized carbons (Fsp3) is 0.583. The number of amides is 1. The van der Waals surface area contributed by atoms with Gasteiger partial charge in [0.05, 0.1) is 19.2 Å². The summed E-state index contributed by atoms with van der Waals surface area (Å²) in [4.78, 5) is 14.8. The lowest BCUT2D eigenvalue weighted by Crippen LogP contribution is -2.40. The van der Waals surface area contributed by atoms with Gasteiger partial charge in [-0.2, -0.15) is 0 Å². The first-order valence-corrected chi connectivity index (χ1v) is 6.76. The summed E-state index contributed by atoms with van der Waals surface area (Å²) in [5.74, 6) is -0.00967. The molecule has 1 rings (SSSR count). The van der Waals surface area contributed by atoms with Crippen LogP contribution < -0.4 is 11.1 Å². The normalized spacial score (nSPS) is 12.7. The average molecular weight is 271 g/mol. The Hall–Kier alpha value is -0.950. The monoisotopic (exact) mass is 271 g/mol. The first-order chi connectivity index (χ1) is 8.69. The smallest absolute Gasteiger partial charge is 0.234 e. The number of hydrogen-bond donors (Lipinski definition) is 2. The maximum Gasteiger partial charge on any atom is 0.234 e. The van der Waals surface area contributed by atoms with Crippen molar-refractivity contribution < 1.29 is 9.53 Å². The molecule has 0 aliphatic heterocycles. The summed E-state index contributed by atoms with van der Waals surface area (Å²) in [6.07, 6.45) is 0. The van der Waals surface area contributed by atoms with E-state index in [9.17, 15) is 4.79 Å². The topological polar surface area (TPSA) is 67.6 Å². The van der Waals surface area contributed by atoms with Crippen LogP contribution in [0.3, 0.4) is 0 Å². The Morgan fingerprint density at radius 2 is 2.44 bits per heavy atom. The summed E-state index contributed by atoms with van der Waals surface area (Å²) >= 11 is 1.66. The summed E-state index contributed by atoms with van der Waals surface area (Å²) in [6.45, 7) is 1.90. The zero-order valence-corrected chi connectivity index (χ0v) is 11.7. The Morgan fingerprint density at radius 1 is 1.67 bits per heavy atom. The zero-order chi connectivity index (χ0) is 13.4. The molecule has 0 spiro atoms. The number of ether oxygens (including phenoxy) is 1. The fourth-order valence-corrected chi connectivity index (χ4v) is 2.58. The summed E-state index contributed by atoms with van der Waals surface area (Å²) in [6, 6.07) is 4.13. The highest BCUT2D eigenvalue weighted by Crippen LogP contribution is 2.22. The number of carbonyl (C=O) groups excluding carboxylic acids is 1. The average Bonchev–Trinajstić information content (AvgIpc) is 2.84. The van der Waals surface area contributed by atoms with Crippen LogP contribution in [0.2, 0.25) is 0 Å². The van der Waals surface area contributed by atoms with Crippen LogP contribution in [0.15, 0.2) is 17.5 Å². The second kappa shape index (κ2) is 8.20. The van der Waals surface area contributed by atoms with Gasteiger partial charge in [-0.25, -0.2) is 0 Å². The molecule has 5 nitrogen and oxygen atoms in total. The minimum absolute atomic E-state index is 0.00967. The molecule has 0 aliphatic rings. The number of nitrogens with zero attached hydrogens (tertiary/aromatic N) is 1. The molecule has 6 heteroatoms. The maximum absolute atomic E-state index is 11.7. The highest BCUT2D eigenvalue weighted by molar-refractivity contribution is 7.10. The van der Waals surface area contributed by atoms with Crippen molar-refractivity contribution >= 4 is 17.2 Å². The Morgan fingerprint density at radius 3 is 3.00 bits per heavy atom. The number of nitrogens with one attached hydrogen (secondary N) is 1. The van der Waals surface area contributed by atoms with Crippen molar-refractivity contribution in [2.24, 2.45) is 5.73 Å². The summed E-state index contributed by atoms with van der Waals surface area (Å²) in [7, 11) is 3.52. The third-order valence-corrected chi connectivity index (χ3v) is 3.62. The fourth-order valence-electron chi connectivity index (χ4n) is 1.68. The quantitative estimate of drug-likeness (QED) is 0.673. The van der Waals surface area contributed by atoms with Gasteiger partial charge in [-0.05, 0) is 18.5 Å². The molecule has 1 amide bonds. The highest BCUT2D eigenvalue weighted by Gasteiger charge is 2.18. The predicted octanol–water partition coefficient (Wildman–Crippen LogP) is 0.442. The SMILES string of the molecule is COCCNC(=O)CN(C)C(CN)c1cccs1. The van der Waals surface area contributed by atoms with Gasteiger partial charge >= 0.3 is 0 Å². The maximum atomic E-state index is 11.7. The standard InChI is InChI=1S/C12H21N3O2S/c1-15(9-12(16)14-5-6-17-2)10(8-13)11-4-3-7-18-11/h3-4,7,10H,5-6,8-9,13H2,1-2H3,(H,14,16). The molecule has 0 bridgehead atoms. The van der Waals surface area contributed by atoms with Crippen molar-refractivity contribution in [3.05, 3.63) is 22.4 Å². The van der Waals surface area contributed by atoms with E-state index in [2.05, 4.69) is 5.32 Å². The van der Waals surface area contributed by atoms with Crippen LogP contribution in [-0.4, -0.2) is 51.2 Å². The van der Waals surface area contributed by atoms with Crippen LogP contribution in [0.5, 0.6) is 0 Å². The molecule has 0 saturated heterocycles. The predicted molar refractivity (Wildman–Crippen MR) is 73.6 cm³/mol. The van der Waals surface area contributed by atoms with E-state index in [1.807, 2.05) is 29.5 Å². The minimum Gasteiger partial charge on any atom is -0.383 e. The lowest BCUT2D eigenvalue weighted by molar-refractivity contribution is -0.122. The molecule has 1 unspecified atom stereocenters. The molecule has 0 saturated carbocycles. The minimum atomic E-state index is -0.00967. The Bertz CT molecular complexity index is 343. The Kier molecular flexibility index (Phi) is 6.89. The van der Waals surface area contributed by atoms with Crippen LogP contribution in [-0.2, 0) is 9.53 Å². The molecule has 102 valence electrons. The third kappa shape index (κ3) is 4.73. The first-order valence-electron chi connectivity index (χ1n) is 5.88. The molecule has 0 radical (unpaired) electrons. The number of likely N-dealkylation sites (N-methyl/N-ethyl adjacent to an activating group) is 1. The van der Waals surface area contributed by atoms with Gasteiger partial charge in [0.2, 0.25) is 5.91 Å². The first kappa shape index (κ1) is 15.1. The second-order valence-corrected chi connectivity index (χ2v) is 5.00. The lowest BCUT2D eigenvalue weighted by Gasteiger charge is -2.25. The number of carbonyl (C=O) groups is 1. The van der Waals surface area contributed by atoms with Crippen LogP contribution in [0.4, 0.5) is 0 Å². The van der Waals surface area contributed by atoms with E-state index in [1.165, 1.54) is 4.88 Å². The zero-order valence-electron chi connectivity index (χ0n) is 10.9. The molecule has 1 heterocycles. The van der Waals surface area contributed by atoms with Gasteiger partial charge < -0.3 is 15.8 Å². The number of rotatable bonds is 8. The molecule has 1 aromatic rings. The largest absolute Gasteiger partial charge is 0.383 e. The van der Waals surface area contributed by atoms with Gasteiger partial charge in [0, 0.05) is 25.1 Å². The number of methoxy groups -OCH3 is 1. The van der Waals surface area contributed by atoms with E-state index >= 15 is 0 Å². The third-order valence-electron chi connectivity index (χ3n) is 2.65. The molecule has 0 fully saturated rings. The number of thiophene rings is 1. The number of nitrogens with two attached hydrogens (primary N) is 1. The van der Waals surface area contributed by atoms with Crippen molar-refractivity contribution in [1.82, 2.24) is 10.2 Å². The van der Waals surface area contributed by atoms with Gasteiger partial charge in [-0.15, -0.1) is 11.3 Å². The van der Waals surface area contributed by atoms with Gasteiger partial charge in [-0.3, -0.25) is 9.69 Å². The molecule has 1 atom stereocenters. The van der Waals surface area contributed by atoms with Crippen molar-refractivity contribution in [3.8, 4) is 0 Å². The van der Waals surface area contributed by atoms with E-state index in [-0.39, 0.29) is 11.9 Å². The molecular weight excluding hydrogens is 250 g/mol. The van der Waals surface area contributed by atoms with Crippen LogP contribution in [0, 0.1) is 0 Å². The molecular formula is C12H21N3O2S. The lowest BCUT2D eigenvalue weighted by atomic mass is 10.2. The summed E-state index contributed by atoms with van der Waals surface area (Å²) in [5.41, 5.74) is 5.78. The summed E-state index contributed by atoms with van der Waals surface area (Å²) < 4.78 is 4.88. The van der Waals surface area contributed by atoms with Crippen LogP contribution in [0.25, 0.3) is 0 Å². The summed E-state index contributed by atoms with van der Waals surface area (Å²) in [5, 5.41) is 4.81. The van der Waals surface area contributed by atoms with E-state index in [0.29, 0.717) is 26.2 Å². The van der Waals surface area contributed by atoms with E-state index in [1.54, 1.807) is 18.4 Å². The van der Waals surface area contributed by atoms with E-state index in [0.717, 1.165) is 0 Å². The molecule has 0 aliphatic carbocycles. The molecule has 1 aromatic heterocycles. The van der Waals surface area contributed by atoms with Gasteiger partial charge in [-0.1, -0.05) is 6.07 Å². The second-order valence-electron chi connectivity index (χ2n) is 4.02. The Labute approximate surface area is 112 Å². The van der Waals surface area contributed by atoms with Crippen LogP contribution >= 0.6 is 11.3 Å². The van der Waals surface area contributed by atoms with E-state index < -0.39 is 0 Å². The van der Waals surface area contributed by atoms with Crippen LogP contribution in [0.1, 0.15) is 10.9 Å². The van der Waals surface area contributed by atoms with Crippen molar-refractivity contribution in [2.75, 3.05) is 40.4 Å². The van der Waals surface area contributed by atoms with Crippen molar-refractivity contribution in [2.45, 2.75) is 6.04 Å². The highest BCUT2D eigenvalue weighted by atomic mass is 32.1. The Balaban J connectivity index is 2.42. The van der Waals surface area contributed by atoms with Gasteiger partial charge in [0.25, 0.3) is 0 Å². The number of hydrogen-bond acceptors (Lipinski definition) is 5.